The minimum Gasteiger partial charge on any atom is -0.460 e. The highest BCUT2D eigenvalue weighted by Gasteiger charge is 2.31. The third kappa shape index (κ3) is 5.88. The summed E-state index contributed by atoms with van der Waals surface area (Å²) in [5.74, 6) is -0.810. The van der Waals surface area contributed by atoms with Crippen molar-refractivity contribution in [3.05, 3.63) is 64.7 Å². The van der Waals surface area contributed by atoms with Crippen LogP contribution in [0.2, 0.25) is 5.02 Å². The number of carbonyl (C=O) groups excluding carboxylic acids is 1. The van der Waals surface area contributed by atoms with Gasteiger partial charge in [0.1, 0.15) is 0 Å². The Labute approximate surface area is 165 Å². The molecular formula is C19H19ClF3N3O2. The number of ether oxygens (including phenoxy) is 1. The molecule has 0 atom stereocenters. The van der Waals surface area contributed by atoms with Crippen LogP contribution >= 0.6 is 11.6 Å². The number of amidine groups is 1. The van der Waals surface area contributed by atoms with Crippen LogP contribution in [0.4, 0.5) is 18.9 Å². The molecule has 2 rings (SSSR count). The number of hydrogen-bond acceptors (Lipinski definition) is 4. The van der Waals surface area contributed by atoms with Crippen LogP contribution in [-0.2, 0) is 22.3 Å². The molecule has 0 heterocycles. The monoisotopic (exact) mass is 413 g/mol. The summed E-state index contributed by atoms with van der Waals surface area (Å²) in [5, 5.41) is 3.99. The van der Waals surface area contributed by atoms with Crippen molar-refractivity contribution in [1.82, 2.24) is 4.90 Å². The lowest BCUT2D eigenvalue weighted by atomic mass is 10.2. The third-order valence-corrected chi connectivity index (χ3v) is 3.99. The average molecular weight is 414 g/mol. The van der Waals surface area contributed by atoms with Gasteiger partial charge in [-0.1, -0.05) is 41.9 Å². The van der Waals surface area contributed by atoms with Gasteiger partial charge in [0.2, 0.25) is 5.84 Å². The summed E-state index contributed by atoms with van der Waals surface area (Å²) in [6.45, 7) is 2.11. The molecule has 0 radical (unpaired) electrons. The fraction of sp³-hybridized carbons (Fsp3) is 0.263. The molecule has 150 valence electrons. The van der Waals surface area contributed by atoms with Crippen LogP contribution in [0.3, 0.4) is 0 Å². The molecule has 0 aromatic heterocycles. The number of halogens is 4. The Hall–Kier alpha value is -2.74. The molecule has 0 saturated heterocycles. The van der Waals surface area contributed by atoms with Gasteiger partial charge in [0, 0.05) is 13.6 Å². The van der Waals surface area contributed by atoms with Crippen LogP contribution in [0.1, 0.15) is 18.1 Å². The predicted octanol–water partition coefficient (Wildman–Crippen LogP) is 4.78. The van der Waals surface area contributed by atoms with E-state index in [0.29, 0.717) is 6.54 Å². The minimum absolute atomic E-state index is 0.0330. The third-order valence-electron chi connectivity index (χ3n) is 3.66. The maximum absolute atomic E-state index is 12.9. The first-order valence-electron chi connectivity index (χ1n) is 8.35. The zero-order chi connectivity index (χ0) is 20.7. The first-order chi connectivity index (χ1) is 13.2. The van der Waals surface area contributed by atoms with Crippen molar-refractivity contribution in [3.63, 3.8) is 0 Å². The van der Waals surface area contributed by atoms with Gasteiger partial charge in [-0.05, 0) is 30.7 Å². The van der Waals surface area contributed by atoms with E-state index in [1.54, 1.807) is 14.0 Å². The van der Waals surface area contributed by atoms with E-state index in [4.69, 9.17) is 16.3 Å². The topological polar surface area (TPSA) is 53.9 Å². The number of hydrazone groups is 1. The SMILES string of the molecule is CCOC(=O)C(=NNc1cc(C(F)(F)F)ccc1Cl)N(C)Cc1ccccc1. The molecule has 0 fully saturated rings. The second-order valence-electron chi connectivity index (χ2n) is 5.80. The Morgan fingerprint density at radius 2 is 1.89 bits per heavy atom. The van der Waals surface area contributed by atoms with E-state index in [1.165, 1.54) is 4.90 Å². The fourth-order valence-electron chi connectivity index (χ4n) is 2.32. The highest BCUT2D eigenvalue weighted by molar-refractivity contribution is 6.35. The molecule has 9 heteroatoms. The molecular weight excluding hydrogens is 395 g/mol. The molecule has 0 aliphatic rings. The van der Waals surface area contributed by atoms with Gasteiger partial charge in [-0.2, -0.15) is 13.2 Å². The molecule has 0 bridgehead atoms. The Bertz CT molecular complexity index is 842. The summed E-state index contributed by atoms with van der Waals surface area (Å²) in [6.07, 6.45) is -4.53. The first-order valence-corrected chi connectivity index (χ1v) is 8.72. The number of rotatable bonds is 5. The van der Waals surface area contributed by atoms with E-state index in [1.807, 2.05) is 30.3 Å². The predicted molar refractivity (Wildman–Crippen MR) is 102 cm³/mol. The van der Waals surface area contributed by atoms with E-state index in [2.05, 4.69) is 10.5 Å². The summed E-state index contributed by atoms with van der Waals surface area (Å²) in [6, 6.07) is 12.1. The van der Waals surface area contributed by atoms with Crippen LogP contribution < -0.4 is 5.43 Å². The zero-order valence-electron chi connectivity index (χ0n) is 15.3. The number of esters is 1. The number of anilines is 1. The van der Waals surface area contributed by atoms with E-state index < -0.39 is 17.7 Å². The van der Waals surface area contributed by atoms with Gasteiger partial charge in [0.25, 0.3) is 0 Å². The molecule has 0 aliphatic carbocycles. The second kappa shape index (κ2) is 9.45. The van der Waals surface area contributed by atoms with E-state index in [9.17, 15) is 18.0 Å². The highest BCUT2D eigenvalue weighted by atomic mass is 35.5. The Kier molecular flexibility index (Phi) is 7.28. The Morgan fingerprint density at radius 3 is 2.50 bits per heavy atom. The number of nitrogens with zero attached hydrogens (tertiary/aromatic N) is 2. The average Bonchev–Trinajstić information content (AvgIpc) is 2.63. The van der Waals surface area contributed by atoms with Gasteiger partial charge >= 0.3 is 12.1 Å². The summed E-state index contributed by atoms with van der Waals surface area (Å²) in [7, 11) is 1.62. The highest BCUT2D eigenvalue weighted by Crippen LogP contribution is 2.33. The van der Waals surface area contributed by atoms with Gasteiger partial charge in [0.15, 0.2) is 0 Å². The van der Waals surface area contributed by atoms with Crippen molar-refractivity contribution < 1.29 is 22.7 Å². The molecule has 5 nitrogen and oxygen atoms in total. The van der Waals surface area contributed by atoms with Crippen LogP contribution in [0.25, 0.3) is 0 Å². The molecule has 0 spiro atoms. The van der Waals surface area contributed by atoms with Crippen molar-refractivity contribution in [2.45, 2.75) is 19.6 Å². The largest absolute Gasteiger partial charge is 0.460 e. The van der Waals surface area contributed by atoms with Crippen LogP contribution in [0.15, 0.2) is 53.6 Å². The van der Waals surface area contributed by atoms with Crippen molar-refractivity contribution in [1.29, 1.82) is 0 Å². The van der Waals surface area contributed by atoms with Gasteiger partial charge in [0.05, 0.1) is 22.9 Å². The second-order valence-corrected chi connectivity index (χ2v) is 6.21. The lowest BCUT2D eigenvalue weighted by Crippen LogP contribution is -2.35. The van der Waals surface area contributed by atoms with Crippen LogP contribution in [0, 0.1) is 0 Å². The molecule has 1 N–H and O–H groups in total. The molecule has 0 saturated carbocycles. The number of benzene rings is 2. The molecule has 0 aliphatic heterocycles. The van der Waals surface area contributed by atoms with Crippen molar-refractivity contribution in [2.24, 2.45) is 5.10 Å². The first kappa shape index (κ1) is 21.6. The fourth-order valence-corrected chi connectivity index (χ4v) is 2.47. The minimum atomic E-state index is -4.53. The number of alkyl halides is 3. The number of nitrogens with one attached hydrogen (secondary N) is 1. The quantitative estimate of drug-likeness (QED) is 0.332. The van der Waals surface area contributed by atoms with Crippen molar-refractivity contribution in [3.8, 4) is 0 Å². The maximum atomic E-state index is 12.9. The van der Waals surface area contributed by atoms with Crippen LogP contribution in [-0.4, -0.2) is 30.4 Å². The summed E-state index contributed by atoms with van der Waals surface area (Å²) in [5.41, 5.74) is 2.40. The Balaban J connectivity index is 2.28. The van der Waals surface area contributed by atoms with Crippen molar-refractivity contribution in [2.75, 3.05) is 19.1 Å². The summed E-state index contributed by atoms with van der Waals surface area (Å²) < 4.78 is 43.7. The van der Waals surface area contributed by atoms with Crippen molar-refractivity contribution >= 4 is 29.1 Å². The lowest BCUT2D eigenvalue weighted by Gasteiger charge is -2.20. The number of likely N-dealkylation sites (N-methyl/N-ethyl adjacent to an activating group) is 1. The summed E-state index contributed by atoms with van der Waals surface area (Å²) in [4.78, 5) is 13.8. The van der Waals surface area contributed by atoms with E-state index >= 15 is 0 Å². The molecule has 2 aromatic rings. The van der Waals surface area contributed by atoms with Gasteiger partial charge in [-0.15, -0.1) is 5.10 Å². The standard InChI is InChI=1S/C19H19ClF3N3O2/c1-3-28-18(27)17(26(2)12-13-7-5-4-6-8-13)25-24-16-11-14(19(21,22)23)9-10-15(16)20/h4-11,24H,3,12H2,1-2H3. The van der Waals surface area contributed by atoms with Gasteiger partial charge in [-0.25, -0.2) is 4.79 Å². The number of carbonyl (C=O) groups is 1. The van der Waals surface area contributed by atoms with E-state index in [-0.39, 0.29) is 23.2 Å². The lowest BCUT2D eigenvalue weighted by molar-refractivity contribution is -0.137. The Morgan fingerprint density at radius 1 is 1.21 bits per heavy atom. The molecule has 0 amide bonds. The summed E-state index contributed by atoms with van der Waals surface area (Å²) >= 11 is 5.95. The molecule has 28 heavy (non-hydrogen) atoms. The zero-order valence-corrected chi connectivity index (χ0v) is 16.0. The van der Waals surface area contributed by atoms with E-state index in [0.717, 1.165) is 23.8 Å². The normalized spacial score (nSPS) is 11.9. The smallest absolute Gasteiger partial charge is 0.416 e. The van der Waals surface area contributed by atoms with Crippen LogP contribution in [0.5, 0.6) is 0 Å². The number of hydrogen-bond donors (Lipinski definition) is 1. The van der Waals surface area contributed by atoms with Gasteiger partial charge in [-0.3, -0.25) is 5.43 Å². The molecule has 2 aromatic carbocycles. The maximum Gasteiger partial charge on any atom is 0.416 e. The molecule has 0 unspecified atom stereocenters. The van der Waals surface area contributed by atoms with Gasteiger partial charge < -0.3 is 9.64 Å².